The van der Waals surface area contributed by atoms with Gasteiger partial charge in [0, 0.05) is 18.6 Å². The summed E-state index contributed by atoms with van der Waals surface area (Å²) in [4.78, 5) is 25.9. The molecule has 0 spiro atoms. The van der Waals surface area contributed by atoms with Gasteiger partial charge in [0.15, 0.2) is 0 Å². The zero-order chi connectivity index (χ0) is 12.7. The molecule has 3 unspecified atom stereocenters. The first-order chi connectivity index (χ1) is 8.66. The first-order valence-electron chi connectivity index (χ1n) is 6.84. The van der Waals surface area contributed by atoms with Gasteiger partial charge in [0.1, 0.15) is 6.04 Å². The van der Waals surface area contributed by atoms with Crippen molar-refractivity contribution in [3.05, 3.63) is 0 Å². The number of hydrogen-bond donors (Lipinski definition) is 1. The van der Waals surface area contributed by atoms with Crippen molar-refractivity contribution < 1.29 is 14.3 Å². The summed E-state index contributed by atoms with van der Waals surface area (Å²) in [6.45, 7) is 3.73. The van der Waals surface area contributed by atoms with Gasteiger partial charge in [-0.3, -0.25) is 9.59 Å². The van der Waals surface area contributed by atoms with Crippen LogP contribution < -0.4 is 5.32 Å². The summed E-state index contributed by atoms with van der Waals surface area (Å²) in [7, 11) is 0. The molecule has 2 heterocycles. The van der Waals surface area contributed by atoms with Crippen molar-refractivity contribution >= 4 is 11.8 Å². The smallest absolute Gasteiger partial charge is 0.246 e. The van der Waals surface area contributed by atoms with E-state index < -0.39 is 0 Å². The van der Waals surface area contributed by atoms with Crippen molar-refractivity contribution in [2.75, 3.05) is 19.8 Å². The number of nitrogens with one attached hydrogen (secondary N) is 1. The lowest BCUT2D eigenvalue weighted by Gasteiger charge is -2.38. The largest absolute Gasteiger partial charge is 0.381 e. The van der Waals surface area contributed by atoms with Gasteiger partial charge in [-0.25, -0.2) is 0 Å². The van der Waals surface area contributed by atoms with Crippen LogP contribution in [0.3, 0.4) is 0 Å². The predicted octanol–water partition coefficient (Wildman–Crippen LogP) is 0.148. The number of ether oxygens (including phenoxy) is 1. The third-order valence-electron chi connectivity index (χ3n) is 4.41. The molecule has 1 saturated carbocycles. The normalized spacial score (nSPS) is 34.6. The first kappa shape index (κ1) is 12.0. The average molecular weight is 252 g/mol. The monoisotopic (exact) mass is 252 g/mol. The van der Waals surface area contributed by atoms with Crippen LogP contribution in [0.2, 0.25) is 0 Å². The van der Waals surface area contributed by atoms with Gasteiger partial charge in [0.25, 0.3) is 0 Å². The van der Waals surface area contributed by atoms with E-state index in [0.29, 0.717) is 18.4 Å². The van der Waals surface area contributed by atoms with E-state index in [4.69, 9.17) is 4.74 Å². The molecule has 2 amide bonds. The van der Waals surface area contributed by atoms with Crippen LogP contribution in [0.1, 0.15) is 26.2 Å². The summed E-state index contributed by atoms with van der Waals surface area (Å²) in [5, 5.41) is 2.84. The number of nitrogens with zero attached hydrogens (tertiary/aromatic N) is 1. The Morgan fingerprint density at radius 3 is 2.72 bits per heavy atom. The molecule has 0 radical (unpaired) electrons. The Morgan fingerprint density at radius 1 is 1.33 bits per heavy atom. The van der Waals surface area contributed by atoms with E-state index in [2.05, 4.69) is 5.32 Å². The Labute approximate surface area is 107 Å². The maximum Gasteiger partial charge on any atom is 0.246 e. The molecule has 3 atom stereocenters. The van der Waals surface area contributed by atoms with Crippen molar-refractivity contribution in [2.24, 2.45) is 11.8 Å². The van der Waals surface area contributed by atoms with Crippen LogP contribution in [-0.2, 0) is 14.3 Å². The molecule has 5 nitrogen and oxygen atoms in total. The summed E-state index contributed by atoms with van der Waals surface area (Å²) >= 11 is 0. The molecule has 0 aromatic heterocycles. The molecule has 0 aromatic carbocycles. The molecule has 0 bridgehead atoms. The zero-order valence-electron chi connectivity index (χ0n) is 10.7. The van der Waals surface area contributed by atoms with Crippen LogP contribution in [0.15, 0.2) is 0 Å². The Morgan fingerprint density at radius 2 is 2.11 bits per heavy atom. The van der Waals surface area contributed by atoms with E-state index in [9.17, 15) is 9.59 Å². The van der Waals surface area contributed by atoms with Gasteiger partial charge in [-0.2, -0.15) is 0 Å². The SMILES string of the molecule is CC(C1CCOC1)N1CC(=O)NC(C2CC2)C1=O. The van der Waals surface area contributed by atoms with Crippen LogP contribution >= 0.6 is 0 Å². The van der Waals surface area contributed by atoms with Crippen molar-refractivity contribution in [2.45, 2.75) is 38.3 Å². The van der Waals surface area contributed by atoms with Crippen molar-refractivity contribution in [1.82, 2.24) is 10.2 Å². The number of carbonyl (C=O) groups excluding carboxylic acids is 2. The van der Waals surface area contributed by atoms with Gasteiger partial charge < -0.3 is 15.0 Å². The third-order valence-corrected chi connectivity index (χ3v) is 4.41. The molecule has 3 aliphatic rings. The van der Waals surface area contributed by atoms with Crippen LogP contribution in [0.25, 0.3) is 0 Å². The van der Waals surface area contributed by atoms with Crippen LogP contribution in [0.4, 0.5) is 0 Å². The highest BCUT2D eigenvalue weighted by Crippen LogP contribution is 2.35. The van der Waals surface area contributed by atoms with Crippen LogP contribution in [-0.4, -0.2) is 48.6 Å². The summed E-state index contributed by atoms with van der Waals surface area (Å²) in [6, 6.07) is -0.164. The molecular formula is C13H20N2O3. The topological polar surface area (TPSA) is 58.6 Å². The molecule has 2 aliphatic heterocycles. The fourth-order valence-electron chi connectivity index (χ4n) is 2.97. The minimum absolute atomic E-state index is 0.0164. The predicted molar refractivity (Wildman–Crippen MR) is 64.8 cm³/mol. The molecule has 18 heavy (non-hydrogen) atoms. The Balaban J connectivity index is 1.72. The molecule has 100 valence electrons. The number of piperazine rings is 1. The molecule has 0 aromatic rings. The standard InChI is InChI=1S/C13H20N2O3/c1-8(10-4-5-18-7-10)15-6-11(16)14-12(13(15)17)9-2-3-9/h8-10,12H,2-7H2,1H3,(H,14,16). The van der Waals surface area contributed by atoms with Crippen molar-refractivity contribution in [1.29, 1.82) is 0 Å². The lowest BCUT2D eigenvalue weighted by Crippen LogP contribution is -2.62. The first-order valence-corrected chi connectivity index (χ1v) is 6.84. The molecule has 2 saturated heterocycles. The van der Waals surface area contributed by atoms with Gasteiger partial charge in [-0.05, 0) is 32.1 Å². The van der Waals surface area contributed by atoms with Crippen LogP contribution in [0, 0.1) is 11.8 Å². The van der Waals surface area contributed by atoms with Crippen molar-refractivity contribution in [3.63, 3.8) is 0 Å². The number of amides is 2. The summed E-state index contributed by atoms with van der Waals surface area (Å²) in [5.74, 6) is 0.838. The lowest BCUT2D eigenvalue weighted by atomic mass is 9.96. The van der Waals surface area contributed by atoms with E-state index >= 15 is 0 Å². The Bertz CT molecular complexity index is 361. The quantitative estimate of drug-likeness (QED) is 0.778. The summed E-state index contributed by atoms with van der Waals surface area (Å²) in [6.07, 6.45) is 3.11. The second-order valence-electron chi connectivity index (χ2n) is 5.71. The molecular weight excluding hydrogens is 232 g/mol. The van der Waals surface area contributed by atoms with Gasteiger partial charge in [0.05, 0.1) is 13.2 Å². The van der Waals surface area contributed by atoms with Gasteiger partial charge in [-0.15, -0.1) is 0 Å². The van der Waals surface area contributed by atoms with E-state index in [1.54, 1.807) is 4.90 Å². The zero-order valence-corrected chi connectivity index (χ0v) is 10.7. The summed E-state index contributed by atoms with van der Waals surface area (Å²) < 4.78 is 5.38. The molecule has 1 aliphatic carbocycles. The molecule has 3 fully saturated rings. The third kappa shape index (κ3) is 2.11. The van der Waals surface area contributed by atoms with Gasteiger partial charge >= 0.3 is 0 Å². The maximum atomic E-state index is 12.4. The Kier molecular flexibility index (Phi) is 3.01. The minimum atomic E-state index is -0.268. The fourth-order valence-corrected chi connectivity index (χ4v) is 2.97. The number of hydrogen-bond acceptors (Lipinski definition) is 3. The molecule has 3 rings (SSSR count). The van der Waals surface area contributed by atoms with E-state index in [1.165, 1.54) is 0 Å². The van der Waals surface area contributed by atoms with Gasteiger partial charge in [-0.1, -0.05) is 0 Å². The van der Waals surface area contributed by atoms with Crippen molar-refractivity contribution in [3.8, 4) is 0 Å². The molecule has 1 N–H and O–H groups in total. The number of carbonyl (C=O) groups is 2. The highest BCUT2D eigenvalue weighted by Gasteiger charge is 2.44. The number of rotatable bonds is 3. The molecule has 5 heteroatoms. The van der Waals surface area contributed by atoms with E-state index in [1.807, 2.05) is 6.92 Å². The second kappa shape index (κ2) is 4.53. The highest BCUT2D eigenvalue weighted by atomic mass is 16.5. The van der Waals surface area contributed by atoms with Crippen LogP contribution in [0.5, 0.6) is 0 Å². The highest BCUT2D eigenvalue weighted by molar-refractivity contribution is 5.95. The second-order valence-corrected chi connectivity index (χ2v) is 5.71. The minimum Gasteiger partial charge on any atom is -0.381 e. The van der Waals surface area contributed by atoms with E-state index in [0.717, 1.165) is 25.9 Å². The maximum absolute atomic E-state index is 12.4. The van der Waals surface area contributed by atoms with E-state index in [-0.39, 0.29) is 30.4 Å². The fraction of sp³-hybridized carbons (Fsp3) is 0.846. The lowest BCUT2D eigenvalue weighted by molar-refractivity contribution is -0.148. The summed E-state index contributed by atoms with van der Waals surface area (Å²) in [5.41, 5.74) is 0. The van der Waals surface area contributed by atoms with Gasteiger partial charge in [0.2, 0.25) is 11.8 Å². The average Bonchev–Trinajstić information content (AvgIpc) is 3.05. The Hall–Kier alpha value is -1.10.